The Bertz CT molecular complexity index is 524. The van der Waals surface area contributed by atoms with Gasteiger partial charge in [-0.3, -0.25) is 0 Å². The first-order chi connectivity index (χ1) is 6.45. The van der Waals surface area contributed by atoms with Gasteiger partial charge in [0.05, 0.1) is 15.6 Å². The predicted molar refractivity (Wildman–Crippen MR) is 50.5 cm³/mol. The van der Waals surface area contributed by atoms with Gasteiger partial charge in [-0.2, -0.15) is 0 Å². The summed E-state index contributed by atoms with van der Waals surface area (Å²) in [6, 6.07) is 0. The Morgan fingerprint density at radius 2 is 1.85 bits per heavy atom. The first-order valence-corrected chi connectivity index (χ1v) is 4.55. The minimum absolute atomic E-state index is 0.940. The second-order valence-corrected chi connectivity index (χ2v) is 3.61. The second-order valence-electron chi connectivity index (χ2n) is 2.58. The molecular weight excluding hydrogens is 184 g/mol. The molecule has 0 saturated heterocycles. The van der Waals surface area contributed by atoms with Crippen LogP contribution in [0.2, 0.25) is 0 Å². The highest BCUT2D eigenvalue weighted by Gasteiger charge is 2.05. The smallest absolute Gasteiger partial charge is 0.129 e. The van der Waals surface area contributed by atoms with Crippen LogP contribution in [0, 0.1) is 0 Å². The number of nitrogens with zero attached hydrogens (tertiary/aromatic N) is 4. The van der Waals surface area contributed by atoms with E-state index in [2.05, 4.69) is 19.9 Å². The molecule has 62 valence electrons. The van der Waals surface area contributed by atoms with Crippen LogP contribution in [0.1, 0.15) is 0 Å². The van der Waals surface area contributed by atoms with Crippen molar-refractivity contribution in [3.63, 3.8) is 0 Å². The van der Waals surface area contributed by atoms with Gasteiger partial charge in [0.2, 0.25) is 0 Å². The molecule has 0 N–H and O–H groups in total. The van der Waals surface area contributed by atoms with Gasteiger partial charge in [0.1, 0.15) is 17.5 Å². The van der Waals surface area contributed by atoms with E-state index in [-0.39, 0.29) is 0 Å². The zero-order valence-corrected chi connectivity index (χ0v) is 7.32. The van der Waals surface area contributed by atoms with Crippen molar-refractivity contribution >= 4 is 31.8 Å². The molecule has 3 heterocycles. The molecule has 0 aliphatic rings. The Morgan fingerprint density at radius 1 is 1.00 bits per heavy atom. The number of thiophene rings is 1. The highest BCUT2D eigenvalue weighted by Crippen LogP contribution is 2.28. The molecule has 3 aromatic heterocycles. The molecule has 4 nitrogen and oxygen atoms in total. The normalized spacial score (nSPS) is 11.1. The molecule has 0 aromatic carbocycles. The maximum absolute atomic E-state index is 4.19. The van der Waals surface area contributed by atoms with Gasteiger partial charge in [0.15, 0.2) is 0 Å². The van der Waals surface area contributed by atoms with Crippen LogP contribution in [0.25, 0.3) is 20.4 Å². The Kier molecular flexibility index (Phi) is 1.28. The van der Waals surface area contributed by atoms with E-state index in [1.165, 1.54) is 0 Å². The Balaban J connectivity index is 2.64. The van der Waals surface area contributed by atoms with Gasteiger partial charge in [-0.1, -0.05) is 0 Å². The number of aromatic nitrogens is 4. The fourth-order valence-electron chi connectivity index (χ4n) is 1.26. The lowest BCUT2D eigenvalue weighted by atomic mass is 10.3. The van der Waals surface area contributed by atoms with Crippen molar-refractivity contribution in [3.8, 4) is 0 Å². The summed E-state index contributed by atoms with van der Waals surface area (Å²) >= 11 is 1.59. The van der Waals surface area contributed by atoms with Gasteiger partial charge in [-0.15, -0.1) is 11.3 Å². The number of hydrogen-bond donors (Lipinski definition) is 0. The first-order valence-electron chi connectivity index (χ1n) is 3.73. The monoisotopic (exact) mass is 188 g/mol. The molecule has 0 spiro atoms. The molecule has 0 amide bonds. The molecule has 3 rings (SSSR count). The van der Waals surface area contributed by atoms with Crippen LogP contribution >= 0.6 is 11.3 Å². The topological polar surface area (TPSA) is 51.6 Å². The van der Waals surface area contributed by atoms with E-state index in [9.17, 15) is 0 Å². The zero-order valence-electron chi connectivity index (χ0n) is 6.51. The fourth-order valence-corrected chi connectivity index (χ4v) is 2.20. The van der Waals surface area contributed by atoms with Crippen LogP contribution in [0.5, 0.6) is 0 Å². The molecular formula is C8H4N4S. The van der Waals surface area contributed by atoms with Crippen molar-refractivity contribution in [1.82, 2.24) is 19.9 Å². The minimum atomic E-state index is 0.940. The molecule has 0 atom stereocenters. The fraction of sp³-hybridized carbons (Fsp3) is 0. The summed E-state index contributed by atoms with van der Waals surface area (Å²) in [5.74, 6) is 0. The van der Waals surface area contributed by atoms with E-state index in [1.54, 1.807) is 36.4 Å². The molecule has 0 fully saturated rings. The third kappa shape index (κ3) is 0.905. The van der Waals surface area contributed by atoms with E-state index in [4.69, 9.17) is 0 Å². The molecule has 0 unspecified atom stereocenters. The average molecular weight is 188 g/mol. The zero-order chi connectivity index (χ0) is 8.67. The number of rotatable bonds is 0. The van der Waals surface area contributed by atoms with E-state index in [0.717, 1.165) is 20.4 Å². The third-order valence-corrected chi connectivity index (χ3v) is 2.85. The Hall–Kier alpha value is -1.62. The van der Waals surface area contributed by atoms with E-state index in [1.807, 2.05) is 0 Å². The molecule has 0 aliphatic heterocycles. The molecule has 0 radical (unpaired) electrons. The van der Waals surface area contributed by atoms with Crippen LogP contribution in [-0.4, -0.2) is 19.9 Å². The predicted octanol–water partition coefficient (Wildman–Crippen LogP) is 1.63. The van der Waals surface area contributed by atoms with E-state index >= 15 is 0 Å². The molecule has 13 heavy (non-hydrogen) atoms. The minimum Gasteiger partial charge on any atom is -0.244 e. The summed E-state index contributed by atoms with van der Waals surface area (Å²) in [5, 5.41) is 1.00. The lowest BCUT2D eigenvalue weighted by Crippen LogP contribution is -1.77. The van der Waals surface area contributed by atoms with Crippen LogP contribution < -0.4 is 0 Å². The summed E-state index contributed by atoms with van der Waals surface area (Å²) in [6.07, 6.45) is 6.68. The summed E-state index contributed by atoms with van der Waals surface area (Å²) in [4.78, 5) is 17.2. The second kappa shape index (κ2) is 2.43. The maximum Gasteiger partial charge on any atom is 0.129 e. The largest absolute Gasteiger partial charge is 0.244 e. The summed E-state index contributed by atoms with van der Waals surface area (Å²) in [5.41, 5.74) is 0.940. The van der Waals surface area contributed by atoms with Gasteiger partial charge in [0.25, 0.3) is 0 Å². The molecule has 0 saturated carbocycles. The van der Waals surface area contributed by atoms with Crippen molar-refractivity contribution < 1.29 is 0 Å². The quantitative estimate of drug-likeness (QED) is 0.538. The van der Waals surface area contributed by atoms with Crippen LogP contribution in [0.3, 0.4) is 0 Å². The average Bonchev–Trinajstić information content (AvgIpc) is 2.56. The summed E-state index contributed by atoms with van der Waals surface area (Å²) in [7, 11) is 0. The van der Waals surface area contributed by atoms with Crippen LogP contribution in [0.15, 0.2) is 25.0 Å². The molecule has 0 bridgehead atoms. The van der Waals surface area contributed by atoms with Gasteiger partial charge < -0.3 is 0 Å². The standard InChI is InChI=1S/C8H4N4S/c1-5-7-6(2-10-3-11-7)13-8(5)12-4-9-1/h1-4H. The highest BCUT2D eigenvalue weighted by atomic mass is 32.1. The van der Waals surface area contributed by atoms with Crippen LogP contribution in [0.4, 0.5) is 0 Å². The molecule has 3 aromatic rings. The lowest BCUT2D eigenvalue weighted by molar-refractivity contribution is 1.22. The molecule has 0 aliphatic carbocycles. The maximum atomic E-state index is 4.19. The van der Waals surface area contributed by atoms with E-state index < -0.39 is 0 Å². The Labute approximate surface area is 77.3 Å². The van der Waals surface area contributed by atoms with Crippen molar-refractivity contribution in [2.45, 2.75) is 0 Å². The van der Waals surface area contributed by atoms with Gasteiger partial charge >= 0.3 is 0 Å². The van der Waals surface area contributed by atoms with Gasteiger partial charge in [-0.25, -0.2) is 19.9 Å². The first kappa shape index (κ1) is 6.85. The van der Waals surface area contributed by atoms with E-state index in [0.29, 0.717) is 0 Å². The van der Waals surface area contributed by atoms with Crippen LogP contribution in [-0.2, 0) is 0 Å². The van der Waals surface area contributed by atoms with Crippen molar-refractivity contribution in [2.24, 2.45) is 0 Å². The van der Waals surface area contributed by atoms with Gasteiger partial charge in [0, 0.05) is 12.4 Å². The van der Waals surface area contributed by atoms with Crippen molar-refractivity contribution in [1.29, 1.82) is 0 Å². The SMILES string of the molecule is c1ncc2c(n1)sc1cncnc12. The number of fused-ring (bicyclic) bond motifs is 3. The summed E-state index contributed by atoms with van der Waals surface area (Å²) in [6.45, 7) is 0. The lowest BCUT2D eigenvalue weighted by Gasteiger charge is -1.85. The van der Waals surface area contributed by atoms with Crippen molar-refractivity contribution in [3.05, 3.63) is 25.0 Å². The van der Waals surface area contributed by atoms with Gasteiger partial charge in [-0.05, 0) is 0 Å². The highest BCUT2D eigenvalue weighted by molar-refractivity contribution is 7.25. The third-order valence-electron chi connectivity index (χ3n) is 1.82. The molecule has 5 heteroatoms. The Morgan fingerprint density at radius 3 is 2.85 bits per heavy atom. The number of hydrogen-bond acceptors (Lipinski definition) is 5. The summed E-state index contributed by atoms with van der Waals surface area (Å²) < 4.78 is 1.05. The van der Waals surface area contributed by atoms with Crippen molar-refractivity contribution in [2.75, 3.05) is 0 Å².